The molecule has 5 nitrogen and oxygen atoms in total. The van der Waals surface area contributed by atoms with E-state index in [4.69, 9.17) is 0 Å². The zero-order valence-electron chi connectivity index (χ0n) is 14.0. The van der Waals surface area contributed by atoms with E-state index in [0.717, 1.165) is 11.3 Å². The number of nitrogens with one attached hydrogen (secondary N) is 1. The van der Waals surface area contributed by atoms with Crippen molar-refractivity contribution in [2.75, 3.05) is 18.4 Å². The summed E-state index contributed by atoms with van der Waals surface area (Å²) in [5, 5.41) is 13.2. The molecular formula is C18H23N3O2S. The minimum absolute atomic E-state index is 0.0677. The van der Waals surface area contributed by atoms with Gasteiger partial charge in [0.15, 0.2) is 0 Å². The highest BCUT2D eigenvalue weighted by Gasteiger charge is 2.34. The number of rotatable bonds is 4. The predicted molar refractivity (Wildman–Crippen MR) is 96.4 cm³/mol. The maximum absolute atomic E-state index is 12.5. The summed E-state index contributed by atoms with van der Waals surface area (Å²) in [6.07, 6.45) is 0.288. The van der Waals surface area contributed by atoms with Gasteiger partial charge in [0, 0.05) is 19.0 Å². The Balaban J connectivity index is 1.61. The first-order valence-electron chi connectivity index (χ1n) is 8.26. The third kappa shape index (κ3) is 3.76. The molecule has 0 saturated carbocycles. The Labute approximate surface area is 146 Å². The minimum atomic E-state index is -0.490. The van der Waals surface area contributed by atoms with E-state index >= 15 is 0 Å². The molecule has 1 aromatic carbocycles. The van der Waals surface area contributed by atoms with Crippen LogP contribution >= 0.6 is 11.3 Å². The highest BCUT2D eigenvalue weighted by Crippen LogP contribution is 2.28. The highest BCUT2D eigenvalue weighted by molar-refractivity contribution is 7.10. The number of aliphatic hydroxyl groups excluding tert-OH is 1. The van der Waals surface area contributed by atoms with Crippen LogP contribution in [0, 0.1) is 5.92 Å². The fourth-order valence-electron chi connectivity index (χ4n) is 3.08. The molecule has 0 aliphatic carbocycles. The lowest BCUT2D eigenvalue weighted by atomic mass is 9.97. The fraction of sp³-hybridized carbons (Fsp3) is 0.444. The molecule has 128 valence electrons. The number of nitrogens with zero attached hydrogens (tertiary/aromatic N) is 2. The minimum Gasteiger partial charge on any atom is -0.391 e. The second-order valence-corrected chi connectivity index (χ2v) is 7.46. The molecule has 6 heteroatoms. The largest absolute Gasteiger partial charge is 0.391 e. The number of thiazole rings is 1. The first-order valence-corrected chi connectivity index (χ1v) is 9.14. The molecular weight excluding hydrogens is 322 g/mol. The van der Waals surface area contributed by atoms with Crippen molar-refractivity contribution >= 4 is 23.2 Å². The number of aromatic nitrogens is 1. The second kappa shape index (κ2) is 7.32. The summed E-state index contributed by atoms with van der Waals surface area (Å²) in [4.78, 5) is 19.5. The van der Waals surface area contributed by atoms with E-state index in [-0.39, 0.29) is 11.9 Å². The van der Waals surface area contributed by atoms with E-state index in [2.05, 4.69) is 36.3 Å². The number of carbonyl (C=O) groups is 1. The third-order valence-corrected chi connectivity index (χ3v) is 5.51. The fourth-order valence-corrected chi connectivity index (χ4v) is 3.84. The third-order valence-electron chi connectivity index (χ3n) is 4.38. The van der Waals surface area contributed by atoms with E-state index in [0.29, 0.717) is 24.8 Å². The van der Waals surface area contributed by atoms with E-state index in [9.17, 15) is 9.90 Å². The van der Waals surface area contributed by atoms with Gasteiger partial charge < -0.3 is 10.0 Å². The standard InChI is InChI=1S/C18H23N3O2S/c1-12(2)16-17(19-11-24-16)20-18(23)21-9-14(15(22)10-21)8-13-6-4-3-5-7-13/h3-7,11-12,14-15,22H,8-10H2,1-2H3,(H,20,23)/t14-,15-/m1/s1. The molecule has 0 radical (unpaired) electrons. The summed E-state index contributed by atoms with van der Waals surface area (Å²) in [5.41, 5.74) is 2.94. The van der Waals surface area contributed by atoms with Crippen molar-refractivity contribution in [3.05, 3.63) is 46.3 Å². The molecule has 1 saturated heterocycles. The number of benzene rings is 1. The summed E-state index contributed by atoms with van der Waals surface area (Å²) in [5.74, 6) is 1.03. The Hall–Kier alpha value is -1.92. The number of hydrogen-bond acceptors (Lipinski definition) is 4. The van der Waals surface area contributed by atoms with Gasteiger partial charge in [0.1, 0.15) is 5.82 Å². The molecule has 2 aromatic rings. The monoisotopic (exact) mass is 345 g/mol. The van der Waals surface area contributed by atoms with Crippen LogP contribution in [0.5, 0.6) is 0 Å². The number of amides is 2. The van der Waals surface area contributed by atoms with Gasteiger partial charge in [-0.25, -0.2) is 9.78 Å². The molecule has 2 atom stereocenters. The number of aliphatic hydroxyl groups is 1. The van der Waals surface area contributed by atoms with E-state index in [1.165, 1.54) is 5.56 Å². The molecule has 3 rings (SSSR count). The first kappa shape index (κ1) is 16.9. The van der Waals surface area contributed by atoms with Gasteiger partial charge in [-0.15, -0.1) is 11.3 Å². The van der Waals surface area contributed by atoms with Crippen LogP contribution in [0.25, 0.3) is 0 Å². The van der Waals surface area contributed by atoms with Crippen molar-refractivity contribution in [1.29, 1.82) is 0 Å². The topological polar surface area (TPSA) is 65.5 Å². The van der Waals surface area contributed by atoms with E-state index in [1.54, 1.807) is 21.7 Å². The van der Waals surface area contributed by atoms with Crippen LogP contribution in [0.1, 0.15) is 30.2 Å². The van der Waals surface area contributed by atoms with Crippen LogP contribution in [0.15, 0.2) is 35.8 Å². The van der Waals surface area contributed by atoms with Crippen LogP contribution < -0.4 is 5.32 Å². The molecule has 1 aliphatic rings. The van der Waals surface area contributed by atoms with Crippen molar-refractivity contribution in [3.8, 4) is 0 Å². The Morgan fingerprint density at radius 2 is 2.12 bits per heavy atom. The van der Waals surface area contributed by atoms with Gasteiger partial charge >= 0.3 is 6.03 Å². The van der Waals surface area contributed by atoms with Crippen molar-refractivity contribution in [2.45, 2.75) is 32.3 Å². The zero-order chi connectivity index (χ0) is 17.1. The maximum Gasteiger partial charge on any atom is 0.323 e. The average Bonchev–Trinajstić information content (AvgIpc) is 3.16. The molecule has 2 amide bonds. The van der Waals surface area contributed by atoms with Crippen molar-refractivity contribution in [1.82, 2.24) is 9.88 Å². The molecule has 1 aromatic heterocycles. The number of urea groups is 1. The molecule has 24 heavy (non-hydrogen) atoms. The Morgan fingerprint density at radius 3 is 2.83 bits per heavy atom. The lowest BCUT2D eigenvalue weighted by Crippen LogP contribution is -2.34. The van der Waals surface area contributed by atoms with E-state index in [1.807, 2.05) is 18.2 Å². The van der Waals surface area contributed by atoms with E-state index < -0.39 is 6.10 Å². The van der Waals surface area contributed by atoms with Gasteiger partial charge in [0.2, 0.25) is 0 Å². The zero-order valence-corrected chi connectivity index (χ0v) is 14.8. The first-order chi connectivity index (χ1) is 11.5. The van der Waals surface area contributed by atoms with Gasteiger partial charge in [-0.2, -0.15) is 0 Å². The second-order valence-electron chi connectivity index (χ2n) is 6.57. The number of hydrogen-bond donors (Lipinski definition) is 2. The summed E-state index contributed by atoms with van der Waals surface area (Å²) in [7, 11) is 0. The van der Waals surface area contributed by atoms with Crippen LogP contribution in [-0.4, -0.2) is 40.2 Å². The summed E-state index contributed by atoms with van der Waals surface area (Å²) in [6, 6.07) is 9.90. The summed E-state index contributed by atoms with van der Waals surface area (Å²) in [6.45, 7) is 5.09. The van der Waals surface area contributed by atoms with Crippen molar-refractivity contribution in [3.63, 3.8) is 0 Å². The Kier molecular flexibility index (Phi) is 5.16. The SMILES string of the molecule is CC(C)c1scnc1NC(=O)N1C[C@@H](Cc2ccccc2)[C@H](O)C1. The average molecular weight is 345 g/mol. The lowest BCUT2D eigenvalue weighted by molar-refractivity contribution is 0.143. The number of anilines is 1. The quantitative estimate of drug-likeness (QED) is 0.893. The van der Waals surface area contributed by atoms with Crippen molar-refractivity contribution in [2.24, 2.45) is 5.92 Å². The number of β-amino-alcohol motifs (C(OH)–C–C–N with tert-alkyl or cyclic N) is 1. The normalized spacial score (nSPS) is 20.6. The number of carbonyl (C=O) groups excluding carboxylic acids is 1. The Bertz CT molecular complexity index is 687. The van der Waals surface area contributed by atoms with Gasteiger partial charge in [0.05, 0.1) is 16.5 Å². The van der Waals surface area contributed by atoms with Gasteiger partial charge in [0.25, 0.3) is 0 Å². The molecule has 2 heterocycles. The molecule has 2 N–H and O–H groups in total. The molecule has 0 unspecified atom stereocenters. The maximum atomic E-state index is 12.5. The molecule has 1 fully saturated rings. The summed E-state index contributed by atoms with van der Waals surface area (Å²) >= 11 is 1.55. The molecule has 0 spiro atoms. The highest BCUT2D eigenvalue weighted by atomic mass is 32.1. The lowest BCUT2D eigenvalue weighted by Gasteiger charge is -2.17. The summed E-state index contributed by atoms with van der Waals surface area (Å²) < 4.78 is 0. The van der Waals surface area contributed by atoms with Gasteiger partial charge in [-0.3, -0.25) is 5.32 Å². The van der Waals surface area contributed by atoms with Gasteiger partial charge in [-0.05, 0) is 17.9 Å². The van der Waals surface area contributed by atoms with Crippen molar-refractivity contribution < 1.29 is 9.90 Å². The molecule has 1 aliphatic heterocycles. The van der Waals surface area contributed by atoms with Crippen LogP contribution in [0.4, 0.5) is 10.6 Å². The van der Waals surface area contributed by atoms with Crippen LogP contribution in [0.2, 0.25) is 0 Å². The Morgan fingerprint density at radius 1 is 1.38 bits per heavy atom. The van der Waals surface area contributed by atoms with Gasteiger partial charge in [-0.1, -0.05) is 44.2 Å². The number of likely N-dealkylation sites (tertiary alicyclic amines) is 1. The van der Waals surface area contributed by atoms with Crippen LogP contribution in [0.3, 0.4) is 0 Å². The smallest absolute Gasteiger partial charge is 0.323 e. The van der Waals surface area contributed by atoms with Crippen LogP contribution in [-0.2, 0) is 6.42 Å². The predicted octanol–water partition coefficient (Wildman–Crippen LogP) is 3.33. The molecule has 0 bridgehead atoms.